The van der Waals surface area contributed by atoms with E-state index >= 15 is 0 Å². The van der Waals surface area contributed by atoms with Crippen LogP contribution >= 0.6 is 15.9 Å². The number of ether oxygens (including phenoxy) is 1. The number of aryl methyl sites for hydroxylation is 1. The summed E-state index contributed by atoms with van der Waals surface area (Å²) in [6, 6.07) is 18.0. The maximum absolute atomic E-state index is 13.4. The third kappa shape index (κ3) is 4.52. The van der Waals surface area contributed by atoms with Gasteiger partial charge < -0.3 is 14.7 Å². The van der Waals surface area contributed by atoms with Crippen LogP contribution in [0.2, 0.25) is 0 Å². The fourth-order valence-electron chi connectivity index (χ4n) is 4.22. The van der Waals surface area contributed by atoms with Crippen molar-refractivity contribution in [1.29, 1.82) is 0 Å². The summed E-state index contributed by atoms with van der Waals surface area (Å²) in [5, 5.41) is 11.3. The highest BCUT2D eigenvalue weighted by molar-refractivity contribution is 9.10. The molecule has 0 aliphatic carbocycles. The monoisotopic (exact) mass is 548 g/mol. The predicted octanol–water partition coefficient (Wildman–Crippen LogP) is 5.24. The van der Waals surface area contributed by atoms with Gasteiger partial charge >= 0.3 is 5.97 Å². The van der Waals surface area contributed by atoms with Crippen LogP contribution in [0.15, 0.2) is 76.8 Å². The zero-order valence-electron chi connectivity index (χ0n) is 20.3. The molecule has 1 atom stereocenters. The summed E-state index contributed by atoms with van der Waals surface area (Å²) in [6.45, 7) is 1.87. The Bertz CT molecular complexity index is 1400. The lowest BCUT2D eigenvalue weighted by molar-refractivity contribution is -0.132. The van der Waals surface area contributed by atoms with Crippen LogP contribution in [0.5, 0.6) is 0 Å². The van der Waals surface area contributed by atoms with E-state index < -0.39 is 23.7 Å². The minimum absolute atomic E-state index is 0.0252. The van der Waals surface area contributed by atoms with Gasteiger partial charge in [0.25, 0.3) is 11.7 Å². The highest BCUT2D eigenvalue weighted by Crippen LogP contribution is 2.43. The molecule has 1 heterocycles. The first-order valence-electron chi connectivity index (χ1n) is 11.2. The standard InChI is InChI=1S/C28H25BrN2O5/c1-16-14-18(10-13-22(16)29)25(32)23-24(17-8-11-20(12-9-17)30(2)3)31(27(34)26(23)33)21-7-5-6-19(15-21)28(35)36-4/h5-15,24,32H,1-4H3/b25-23+. The van der Waals surface area contributed by atoms with E-state index in [9.17, 15) is 19.5 Å². The number of carbonyl (C=O) groups excluding carboxylic acids is 3. The van der Waals surface area contributed by atoms with Gasteiger partial charge in [-0.1, -0.05) is 40.2 Å². The highest BCUT2D eigenvalue weighted by Gasteiger charge is 2.47. The number of anilines is 2. The number of aliphatic hydroxyl groups excluding tert-OH is 1. The number of amides is 1. The van der Waals surface area contributed by atoms with Crippen LogP contribution in [0.25, 0.3) is 5.76 Å². The van der Waals surface area contributed by atoms with E-state index in [0.29, 0.717) is 16.8 Å². The van der Waals surface area contributed by atoms with Crippen molar-refractivity contribution in [1.82, 2.24) is 0 Å². The van der Waals surface area contributed by atoms with E-state index in [1.54, 1.807) is 36.4 Å². The molecule has 1 fully saturated rings. The van der Waals surface area contributed by atoms with Crippen LogP contribution < -0.4 is 9.80 Å². The first-order valence-corrected chi connectivity index (χ1v) is 12.0. The van der Waals surface area contributed by atoms with Gasteiger partial charge in [-0.2, -0.15) is 0 Å². The first-order chi connectivity index (χ1) is 17.1. The van der Waals surface area contributed by atoms with Crippen molar-refractivity contribution in [3.05, 3.63) is 99.0 Å². The molecule has 3 aromatic carbocycles. The molecule has 4 rings (SSSR count). The molecule has 0 aromatic heterocycles. The van der Waals surface area contributed by atoms with Gasteiger partial charge in [0.05, 0.1) is 24.3 Å². The summed E-state index contributed by atoms with van der Waals surface area (Å²) < 4.78 is 5.68. The van der Waals surface area contributed by atoms with E-state index in [0.717, 1.165) is 15.7 Å². The SMILES string of the molecule is COC(=O)c1cccc(N2C(=O)C(=O)/C(=C(/O)c3ccc(Br)c(C)c3)C2c2ccc(N(C)C)cc2)c1. The number of carbonyl (C=O) groups is 3. The number of rotatable bonds is 5. The number of nitrogens with zero attached hydrogens (tertiary/aromatic N) is 2. The molecular weight excluding hydrogens is 524 g/mol. The number of esters is 1. The van der Waals surface area contributed by atoms with E-state index in [1.165, 1.54) is 18.1 Å². The largest absolute Gasteiger partial charge is 0.507 e. The van der Waals surface area contributed by atoms with Crippen molar-refractivity contribution >= 4 is 50.7 Å². The number of benzene rings is 3. The van der Waals surface area contributed by atoms with Crippen molar-refractivity contribution < 1.29 is 24.2 Å². The Balaban J connectivity index is 1.94. The Morgan fingerprint density at radius 2 is 1.69 bits per heavy atom. The van der Waals surface area contributed by atoms with Gasteiger partial charge in [-0.3, -0.25) is 14.5 Å². The molecule has 8 heteroatoms. The molecule has 1 N–H and O–H groups in total. The number of ketones is 1. The number of aliphatic hydroxyl groups is 1. The summed E-state index contributed by atoms with van der Waals surface area (Å²) in [4.78, 5) is 42.2. The molecule has 1 amide bonds. The Morgan fingerprint density at radius 3 is 2.31 bits per heavy atom. The molecule has 7 nitrogen and oxygen atoms in total. The number of hydrogen-bond donors (Lipinski definition) is 1. The Labute approximate surface area is 217 Å². The van der Waals surface area contributed by atoms with Gasteiger partial charge in [0.1, 0.15) is 5.76 Å². The smallest absolute Gasteiger partial charge is 0.337 e. The molecule has 3 aromatic rings. The molecule has 1 unspecified atom stereocenters. The lowest BCUT2D eigenvalue weighted by atomic mass is 9.94. The van der Waals surface area contributed by atoms with Crippen molar-refractivity contribution in [3.8, 4) is 0 Å². The zero-order valence-corrected chi connectivity index (χ0v) is 21.9. The van der Waals surface area contributed by atoms with Crippen LogP contribution in [0.3, 0.4) is 0 Å². The normalized spacial score (nSPS) is 16.8. The molecule has 0 radical (unpaired) electrons. The van der Waals surface area contributed by atoms with E-state index in [1.807, 2.05) is 50.2 Å². The topological polar surface area (TPSA) is 87.1 Å². The number of halogens is 1. The molecule has 0 spiro atoms. The van der Waals surface area contributed by atoms with Gasteiger partial charge in [-0.05, 0) is 60.5 Å². The second-order valence-corrected chi connectivity index (χ2v) is 9.52. The summed E-state index contributed by atoms with van der Waals surface area (Å²) >= 11 is 3.45. The second-order valence-electron chi connectivity index (χ2n) is 8.66. The van der Waals surface area contributed by atoms with Crippen molar-refractivity contribution in [2.24, 2.45) is 0 Å². The number of hydrogen-bond acceptors (Lipinski definition) is 6. The van der Waals surface area contributed by atoms with Crippen LogP contribution in [0.4, 0.5) is 11.4 Å². The summed E-state index contributed by atoms with van der Waals surface area (Å²) in [5.74, 6) is -2.43. The van der Waals surface area contributed by atoms with Crippen LogP contribution in [-0.4, -0.2) is 44.0 Å². The summed E-state index contributed by atoms with van der Waals surface area (Å²) in [6.07, 6.45) is 0. The molecule has 0 bridgehead atoms. The first kappa shape index (κ1) is 25.2. The average molecular weight is 549 g/mol. The lowest BCUT2D eigenvalue weighted by Crippen LogP contribution is -2.29. The maximum Gasteiger partial charge on any atom is 0.337 e. The fraction of sp³-hybridized carbons (Fsp3) is 0.179. The molecule has 0 saturated carbocycles. The average Bonchev–Trinajstić information content (AvgIpc) is 3.15. The number of methoxy groups -OCH3 is 1. The van der Waals surface area contributed by atoms with E-state index in [-0.39, 0.29) is 16.9 Å². The lowest BCUT2D eigenvalue weighted by Gasteiger charge is -2.26. The van der Waals surface area contributed by atoms with Crippen molar-refractivity contribution in [2.75, 3.05) is 31.0 Å². The quantitative estimate of drug-likeness (QED) is 0.203. The Morgan fingerprint density at radius 1 is 1.00 bits per heavy atom. The zero-order chi connectivity index (χ0) is 26.1. The minimum Gasteiger partial charge on any atom is -0.507 e. The molecule has 184 valence electrons. The molecule has 1 aliphatic rings. The minimum atomic E-state index is -0.905. The summed E-state index contributed by atoms with van der Waals surface area (Å²) in [5.41, 5.74) is 3.42. The maximum atomic E-state index is 13.4. The van der Waals surface area contributed by atoms with Gasteiger partial charge in [-0.15, -0.1) is 0 Å². The molecule has 1 aliphatic heterocycles. The molecule has 36 heavy (non-hydrogen) atoms. The van der Waals surface area contributed by atoms with Crippen LogP contribution in [-0.2, 0) is 14.3 Å². The third-order valence-electron chi connectivity index (χ3n) is 6.15. The highest BCUT2D eigenvalue weighted by atomic mass is 79.9. The second kappa shape index (κ2) is 9.99. The predicted molar refractivity (Wildman–Crippen MR) is 142 cm³/mol. The number of Topliss-reactive ketones (excluding diaryl/α,β-unsaturated/α-hetero) is 1. The Kier molecular flexibility index (Phi) is 6.99. The molecule has 1 saturated heterocycles. The summed E-state index contributed by atoms with van der Waals surface area (Å²) in [7, 11) is 5.10. The van der Waals surface area contributed by atoms with Crippen molar-refractivity contribution in [3.63, 3.8) is 0 Å². The van der Waals surface area contributed by atoms with Gasteiger partial charge in [0, 0.05) is 35.5 Å². The van der Waals surface area contributed by atoms with Gasteiger partial charge in [-0.25, -0.2) is 4.79 Å². The van der Waals surface area contributed by atoms with Gasteiger partial charge in [0.15, 0.2) is 0 Å². The van der Waals surface area contributed by atoms with Crippen molar-refractivity contribution in [2.45, 2.75) is 13.0 Å². The van der Waals surface area contributed by atoms with E-state index in [2.05, 4.69) is 15.9 Å². The molecular formula is C28H25BrN2O5. The van der Waals surface area contributed by atoms with Crippen LogP contribution in [0.1, 0.15) is 33.1 Å². The van der Waals surface area contributed by atoms with E-state index in [4.69, 9.17) is 4.74 Å². The Hall–Kier alpha value is -3.91. The fourth-order valence-corrected chi connectivity index (χ4v) is 4.46. The van der Waals surface area contributed by atoms with Crippen LogP contribution in [0, 0.1) is 6.92 Å². The van der Waals surface area contributed by atoms with Gasteiger partial charge in [0.2, 0.25) is 0 Å². The third-order valence-corrected chi connectivity index (χ3v) is 7.04.